The zero-order chi connectivity index (χ0) is 15.9. The Morgan fingerprint density at radius 3 is 2.48 bits per heavy atom. The van der Waals surface area contributed by atoms with E-state index in [9.17, 15) is 4.79 Å². The first kappa shape index (κ1) is 14.8. The summed E-state index contributed by atoms with van der Waals surface area (Å²) in [7, 11) is 0. The SMILES string of the molecule is O=C(C=Cc1ccccc1)NCc1ncc(-c2ccccc2)o1. The molecule has 3 rings (SSSR count). The topological polar surface area (TPSA) is 55.1 Å². The Labute approximate surface area is 134 Å². The second-order valence-electron chi connectivity index (χ2n) is 4.95. The van der Waals surface area contributed by atoms with Gasteiger partial charge in [0.15, 0.2) is 5.76 Å². The minimum Gasteiger partial charge on any atom is -0.439 e. The van der Waals surface area contributed by atoms with Gasteiger partial charge in [0.05, 0.1) is 12.7 Å². The highest BCUT2D eigenvalue weighted by atomic mass is 16.4. The Morgan fingerprint density at radius 1 is 1.04 bits per heavy atom. The smallest absolute Gasteiger partial charge is 0.244 e. The quantitative estimate of drug-likeness (QED) is 0.732. The van der Waals surface area contributed by atoms with Crippen LogP contribution in [0.2, 0.25) is 0 Å². The third-order valence-corrected chi connectivity index (χ3v) is 3.25. The molecule has 0 fully saturated rings. The fourth-order valence-corrected chi connectivity index (χ4v) is 2.09. The molecule has 0 spiro atoms. The van der Waals surface area contributed by atoms with Gasteiger partial charge in [-0.05, 0) is 11.6 Å². The van der Waals surface area contributed by atoms with Gasteiger partial charge in [0.2, 0.25) is 11.8 Å². The maximum Gasteiger partial charge on any atom is 0.244 e. The van der Waals surface area contributed by atoms with Gasteiger partial charge in [-0.2, -0.15) is 0 Å². The largest absolute Gasteiger partial charge is 0.439 e. The molecule has 1 heterocycles. The van der Waals surface area contributed by atoms with Crippen LogP contribution in [0.5, 0.6) is 0 Å². The number of benzene rings is 2. The summed E-state index contributed by atoms with van der Waals surface area (Å²) in [6.07, 6.45) is 4.92. The molecule has 4 nitrogen and oxygen atoms in total. The van der Waals surface area contributed by atoms with Crippen molar-refractivity contribution >= 4 is 12.0 Å². The zero-order valence-electron chi connectivity index (χ0n) is 12.5. The van der Waals surface area contributed by atoms with Crippen LogP contribution in [0.25, 0.3) is 17.4 Å². The summed E-state index contributed by atoms with van der Waals surface area (Å²) >= 11 is 0. The number of nitrogens with one attached hydrogen (secondary N) is 1. The van der Waals surface area contributed by atoms with Gasteiger partial charge < -0.3 is 9.73 Å². The van der Waals surface area contributed by atoms with Crippen LogP contribution < -0.4 is 5.32 Å². The highest BCUT2D eigenvalue weighted by Gasteiger charge is 2.06. The summed E-state index contributed by atoms with van der Waals surface area (Å²) < 4.78 is 5.63. The molecule has 0 saturated carbocycles. The molecule has 0 aliphatic heterocycles. The van der Waals surface area contributed by atoms with Crippen molar-refractivity contribution in [2.45, 2.75) is 6.54 Å². The van der Waals surface area contributed by atoms with Gasteiger partial charge in [-0.1, -0.05) is 60.7 Å². The molecule has 1 amide bonds. The van der Waals surface area contributed by atoms with E-state index in [1.807, 2.05) is 60.7 Å². The lowest BCUT2D eigenvalue weighted by atomic mass is 10.2. The number of carbonyl (C=O) groups excluding carboxylic acids is 1. The van der Waals surface area contributed by atoms with E-state index in [2.05, 4.69) is 10.3 Å². The van der Waals surface area contributed by atoms with Crippen molar-refractivity contribution < 1.29 is 9.21 Å². The zero-order valence-corrected chi connectivity index (χ0v) is 12.5. The maximum atomic E-state index is 11.8. The van der Waals surface area contributed by atoms with Crippen LogP contribution in [-0.2, 0) is 11.3 Å². The highest BCUT2D eigenvalue weighted by Crippen LogP contribution is 2.19. The van der Waals surface area contributed by atoms with Crippen LogP contribution in [0.3, 0.4) is 0 Å². The lowest BCUT2D eigenvalue weighted by Crippen LogP contribution is -2.20. The Hall–Kier alpha value is -3.14. The molecule has 114 valence electrons. The summed E-state index contributed by atoms with van der Waals surface area (Å²) in [5.74, 6) is 0.980. The number of amides is 1. The Bertz CT molecular complexity index is 793. The summed E-state index contributed by atoms with van der Waals surface area (Å²) in [6.45, 7) is 0.255. The summed E-state index contributed by atoms with van der Waals surface area (Å²) in [4.78, 5) is 16.0. The van der Waals surface area contributed by atoms with Crippen molar-refractivity contribution in [3.05, 3.63) is 84.4 Å². The molecule has 0 unspecified atom stereocenters. The van der Waals surface area contributed by atoms with E-state index in [1.54, 1.807) is 12.3 Å². The molecule has 1 N–H and O–H groups in total. The van der Waals surface area contributed by atoms with Gasteiger partial charge in [-0.15, -0.1) is 0 Å². The average Bonchev–Trinajstić information content (AvgIpc) is 3.09. The number of oxazole rings is 1. The third-order valence-electron chi connectivity index (χ3n) is 3.25. The molecule has 3 aromatic rings. The van der Waals surface area contributed by atoms with Crippen LogP contribution in [0.4, 0.5) is 0 Å². The number of nitrogens with zero attached hydrogens (tertiary/aromatic N) is 1. The number of hydrogen-bond acceptors (Lipinski definition) is 3. The Kier molecular flexibility index (Phi) is 4.64. The standard InChI is InChI=1S/C19H16N2O2/c22-18(12-11-15-7-3-1-4-8-15)20-14-19-21-13-17(23-19)16-9-5-2-6-10-16/h1-13H,14H2,(H,20,22). The van der Waals surface area contributed by atoms with E-state index >= 15 is 0 Å². The van der Waals surface area contributed by atoms with Gasteiger partial charge in [-0.25, -0.2) is 4.98 Å². The normalized spacial score (nSPS) is 10.8. The molecular weight excluding hydrogens is 288 g/mol. The van der Waals surface area contributed by atoms with E-state index in [4.69, 9.17) is 4.42 Å². The van der Waals surface area contributed by atoms with Crippen molar-refractivity contribution in [2.24, 2.45) is 0 Å². The number of aromatic nitrogens is 1. The van der Waals surface area contributed by atoms with Crippen LogP contribution in [-0.4, -0.2) is 10.9 Å². The van der Waals surface area contributed by atoms with E-state index in [0.29, 0.717) is 11.7 Å². The Balaban J connectivity index is 1.55. The van der Waals surface area contributed by atoms with E-state index in [-0.39, 0.29) is 12.5 Å². The lowest BCUT2D eigenvalue weighted by molar-refractivity contribution is -0.116. The predicted molar refractivity (Wildman–Crippen MR) is 89.3 cm³/mol. The van der Waals surface area contributed by atoms with Crippen molar-refractivity contribution in [3.63, 3.8) is 0 Å². The summed E-state index contributed by atoms with van der Waals surface area (Å²) in [5, 5.41) is 2.75. The average molecular weight is 304 g/mol. The fourth-order valence-electron chi connectivity index (χ4n) is 2.09. The van der Waals surface area contributed by atoms with Crippen molar-refractivity contribution in [1.82, 2.24) is 10.3 Å². The Morgan fingerprint density at radius 2 is 1.74 bits per heavy atom. The summed E-state index contributed by atoms with van der Waals surface area (Å²) in [6, 6.07) is 19.4. The second kappa shape index (κ2) is 7.22. The molecule has 0 bridgehead atoms. The van der Waals surface area contributed by atoms with Crippen molar-refractivity contribution in [2.75, 3.05) is 0 Å². The monoisotopic (exact) mass is 304 g/mol. The van der Waals surface area contributed by atoms with E-state index in [0.717, 1.165) is 11.1 Å². The summed E-state index contributed by atoms with van der Waals surface area (Å²) in [5.41, 5.74) is 1.94. The van der Waals surface area contributed by atoms with Gasteiger partial charge in [0.1, 0.15) is 0 Å². The van der Waals surface area contributed by atoms with Crippen LogP contribution in [0, 0.1) is 0 Å². The van der Waals surface area contributed by atoms with Gasteiger partial charge in [-0.3, -0.25) is 4.79 Å². The fraction of sp³-hybridized carbons (Fsp3) is 0.0526. The van der Waals surface area contributed by atoms with Crippen molar-refractivity contribution in [3.8, 4) is 11.3 Å². The minimum atomic E-state index is -0.187. The van der Waals surface area contributed by atoms with Gasteiger partial charge in [0, 0.05) is 11.6 Å². The first-order valence-corrected chi connectivity index (χ1v) is 7.32. The molecule has 0 aliphatic carbocycles. The minimum absolute atomic E-state index is 0.187. The predicted octanol–water partition coefficient (Wildman–Crippen LogP) is 3.67. The van der Waals surface area contributed by atoms with E-state index in [1.165, 1.54) is 6.08 Å². The maximum absolute atomic E-state index is 11.8. The molecule has 1 aromatic heterocycles. The first-order chi connectivity index (χ1) is 11.3. The lowest BCUT2D eigenvalue weighted by Gasteiger charge is -1.98. The molecular formula is C19H16N2O2. The van der Waals surface area contributed by atoms with E-state index < -0.39 is 0 Å². The second-order valence-corrected chi connectivity index (χ2v) is 4.95. The number of carbonyl (C=O) groups is 1. The van der Waals surface area contributed by atoms with Crippen LogP contribution >= 0.6 is 0 Å². The molecule has 2 aromatic carbocycles. The number of hydrogen-bond donors (Lipinski definition) is 1. The van der Waals surface area contributed by atoms with Gasteiger partial charge in [0.25, 0.3) is 0 Å². The van der Waals surface area contributed by atoms with Crippen LogP contribution in [0.15, 0.2) is 77.4 Å². The molecule has 0 radical (unpaired) electrons. The molecule has 0 atom stereocenters. The third kappa shape index (κ3) is 4.17. The van der Waals surface area contributed by atoms with Crippen LogP contribution in [0.1, 0.15) is 11.5 Å². The molecule has 0 saturated heterocycles. The van der Waals surface area contributed by atoms with Gasteiger partial charge >= 0.3 is 0 Å². The number of rotatable bonds is 5. The first-order valence-electron chi connectivity index (χ1n) is 7.32. The molecule has 23 heavy (non-hydrogen) atoms. The highest BCUT2D eigenvalue weighted by molar-refractivity contribution is 5.91. The molecule has 4 heteroatoms. The van der Waals surface area contributed by atoms with Crippen molar-refractivity contribution in [1.29, 1.82) is 0 Å². The molecule has 0 aliphatic rings.